The summed E-state index contributed by atoms with van der Waals surface area (Å²) < 4.78 is 1.04. The van der Waals surface area contributed by atoms with Crippen LogP contribution >= 0.6 is 63.7 Å². The number of hydrogen-bond donors (Lipinski definition) is 0. The van der Waals surface area contributed by atoms with E-state index < -0.39 is 0 Å². The smallest absolute Gasteiger partial charge is 0.0670 e. The van der Waals surface area contributed by atoms with Gasteiger partial charge in [-0.15, -0.1) is 0 Å². The minimum atomic E-state index is 0.520. The van der Waals surface area contributed by atoms with Crippen molar-refractivity contribution in [2.24, 2.45) is 0 Å². The summed E-state index contributed by atoms with van der Waals surface area (Å²) in [5, 5.41) is 0. The van der Waals surface area contributed by atoms with Crippen molar-refractivity contribution in [3.8, 4) is 0 Å². The highest BCUT2D eigenvalue weighted by Crippen LogP contribution is 2.15. The van der Waals surface area contributed by atoms with Crippen LogP contribution in [-0.4, -0.2) is 26.5 Å². The first kappa shape index (κ1) is 14.4. The fraction of sp³-hybridized carbons (Fsp3) is 1.00. The van der Waals surface area contributed by atoms with E-state index in [2.05, 4.69) is 63.7 Å². The van der Waals surface area contributed by atoms with Gasteiger partial charge in [-0.1, -0.05) is 75.8 Å². The molecular weight excluding hydrogens is 448 g/mol. The summed E-state index contributed by atoms with van der Waals surface area (Å²) in [4.78, 5) is 0. The number of rotatable bonds is 7. The second-order valence-corrected chi connectivity index (χ2v) is 11.9. The summed E-state index contributed by atoms with van der Waals surface area (Å²) in [5.41, 5.74) is 0. The summed E-state index contributed by atoms with van der Waals surface area (Å²) in [7, 11) is 2.20. The molecule has 0 nitrogen and oxygen atoms in total. The average Bonchev–Trinajstić information content (AvgIpc) is 1.95. The molecule has 0 saturated heterocycles. The van der Waals surface area contributed by atoms with E-state index in [0.717, 1.165) is 19.0 Å². The molecule has 0 unspecified atom stereocenters. The van der Waals surface area contributed by atoms with Crippen molar-refractivity contribution in [2.75, 3.05) is 0 Å². The molecule has 0 saturated carbocycles. The quantitative estimate of drug-likeness (QED) is 0.304. The lowest BCUT2D eigenvalue weighted by atomic mass is 10.9. The van der Waals surface area contributed by atoms with Gasteiger partial charge in [-0.05, 0) is 12.1 Å². The zero-order chi connectivity index (χ0) is 9.40. The van der Waals surface area contributed by atoms with Gasteiger partial charge in [0.15, 0.2) is 0 Å². The molecule has 70 valence electrons. The van der Waals surface area contributed by atoms with Crippen LogP contribution in [0.1, 0.15) is 0 Å². The molecule has 0 aromatic carbocycles. The SMILES string of the molecule is BrC(Br)C[Si]CC[Si]CC(Br)Br. The largest absolute Gasteiger partial charge is 0.0768 e. The van der Waals surface area contributed by atoms with E-state index >= 15 is 0 Å². The lowest BCUT2D eigenvalue weighted by Crippen LogP contribution is -1.99. The Kier molecular flexibility index (Phi) is 11.8. The van der Waals surface area contributed by atoms with Crippen molar-refractivity contribution >= 4 is 82.8 Å². The molecule has 0 bridgehead atoms. The third kappa shape index (κ3) is 12.4. The second kappa shape index (κ2) is 9.89. The third-order valence-corrected chi connectivity index (χ3v) is 7.86. The van der Waals surface area contributed by atoms with E-state index in [-0.39, 0.29) is 0 Å². The van der Waals surface area contributed by atoms with E-state index in [0.29, 0.717) is 7.47 Å². The molecule has 0 rings (SSSR count). The van der Waals surface area contributed by atoms with Gasteiger partial charge in [0.05, 0.1) is 7.47 Å². The maximum absolute atomic E-state index is 3.48. The Labute approximate surface area is 113 Å². The lowest BCUT2D eigenvalue weighted by Gasteiger charge is -2.01. The van der Waals surface area contributed by atoms with E-state index in [9.17, 15) is 0 Å². The lowest BCUT2D eigenvalue weighted by molar-refractivity contribution is 1.30. The van der Waals surface area contributed by atoms with Gasteiger partial charge in [0.2, 0.25) is 0 Å². The maximum Gasteiger partial charge on any atom is 0.0670 e. The van der Waals surface area contributed by atoms with Gasteiger partial charge in [-0.2, -0.15) is 0 Å². The Hall–Kier alpha value is 2.35. The van der Waals surface area contributed by atoms with Crippen molar-refractivity contribution in [2.45, 2.75) is 31.6 Å². The zero-order valence-corrected chi connectivity index (χ0v) is 14.8. The summed E-state index contributed by atoms with van der Waals surface area (Å²) in [6.07, 6.45) is 0. The standard InChI is InChI=1S/C6H10Br4Si2/c7-5(8)3-11-1-2-12-4-6(9)10/h5-6H,1-4H2. The van der Waals surface area contributed by atoms with Gasteiger partial charge < -0.3 is 0 Å². The summed E-state index contributed by atoms with van der Waals surface area (Å²) in [6, 6.07) is 5.30. The number of halogens is 4. The molecule has 0 aliphatic heterocycles. The van der Waals surface area contributed by atoms with Gasteiger partial charge in [0.25, 0.3) is 0 Å². The van der Waals surface area contributed by atoms with E-state index in [1.54, 1.807) is 0 Å². The highest BCUT2D eigenvalue weighted by molar-refractivity contribution is 9.25. The fourth-order valence-electron chi connectivity index (χ4n) is 0.599. The molecule has 0 aromatic heterocycles. The van der Waals surface area contributed by atoms with Crippen LogP contribution in [0, 0.1) is 0 Å². The minimum Gasteiger partial charge on any atom is -0.0768 e. The minimum absolute atomic E-state index is 0.520. The van der Waals surface area contributed by atoms with Gasteiger partial charge in [-0.3, -0.25) is 0 Å². The van der Waals surface area contributed by atoms with E-state index in [1.165, 1.54) is 24.2 Å². The monoisotopic (exact) mass is 454 g/mol. The molecule has 12 heavy (non-hydrogen) atoms. The zero-order valence-electron chi connectivity index (χ0n) is 6.49. The van der Waals surface area contributed by atoms with Crippen LogP contribution < -0.4 is 0 Å². The van der Waals surface area contributed by atoms with Crippen LogP contribution in [0.25, 0.3) is 0 Å². The fourth-order valence-corrected chi connectivity index (χ4v) is 5.61. The van der Waals surface area contributed by atoms with Crippen molar-refractivity contribution in [1.82, 2.24) is 0 Å². The van der Waals surface area contributed by atoms with Crippen molar-refractivity contribution in [1.29, 1.82) is 0 Å². The van der Waals surface area contributed by atoms with Gasteiger partial charge in [0, 0.05) is 19.0 Å². The van der Waals surface area contributed by atoms with Crippen molar-refractivity contribution in [3.63, 3.8) is 0 Å². The Morgan fingerprint density at radius 1 is 0.750 bits per heavy atom. The maximum atomic E-state index is 3.48. The highest BCUT2D eigenvalue weighted by atomic mass is 79.9. The van der Waals surface area contributed by atoms with E-state index in [4.69, 9.17) is 0 Å². The van der Waals surface area contributed by atoms with Crippen molar-refractivity contribution < 1.29 is 0 Å². The van der Waals surface area contributed by atoms with Crippen LogP contribution in [0.2, 0.25) is 24.2 Å². The number of hydrogen-bond acceptors (Lipinski definition) is 0. The molecule has 0 aliphatic rings. The average molecular weight is 458 g/mol. The van der Waals surface area contributed by atoms with E-state index in [1.807, 2.05) is 0 Å². The Balaban J connectivity index is 2.91. The number of alkyl halides is 4. The normalized spacial score (nSPS) is 11.5. The Morgan fingerprint density at radius 3 is 1.33 bits per heavy atom. The highest BCUT2D eigenvalue weighted by Gasteiger charge is 2.00. The second-order valence-electron chi connectivity index (χ2n) is 2.19. The van der Waals surface area contributed by atoms with Crippen molar-refractivity contribution in [3.05, 3.63) is 0 Å². The molecule has 6 heteroatoms. The first-order valence-corrected chi connectivity index (χ1v) is 10.1. The summed E-state index contributed by atoms with van der Waals surface area (Å²) >= 11 is 13.9. The topological polar surface area (TPSA) is 0 Å². The molecular formula is C6H10Br4Si2. The Morgan fingerprint density at radius 2 is 1.08 bits per heavy atom. The molecule has 0 spiro atoms. The molecule has 0 heterocycles. The summed E-state index contributed by atoms with van der Waals surface area (Å²) in [6.45, 7) is 0. The van der Waals surface area contributed by atoms with Crippen LogP contribution in [0.4, 0.5) is 0 Å². The first-order chi connectivity index (χ1) is 5.63. The third-order valence-electron chi connectivity index (χ3n) is 1.08. The van der Waals surface area contributed by atoms with Gasteiger partial charge >= 0.3 is 0 Å². The molecule has 0 aliphatic carbocycles. The van der Waals surface area contributed by atoms with Crippen LogP contribution in [0.3, 0.4) is 0 Å². The van der Waals surface area contributed by atoms with Gasteiger partial charge in [0.1, 0.15) is 0 Å². The molecule has 0 aromatic rings. The molecule has 0 fully saturated rings. The first-order valence-electron chi connectivity index (χ1n) is 3.60. The van der Waals surface area contributed by atoms with Gasteiger partial charge in [-0.25, -0.2) is 0 Å². The van der Waals surface area contributed by atoms with Crippen LogP contribution in [-0.2, 0) is 0 Å². The predicted molar refractivity (Wildman–Crippen MR) is 74.0 cm³/mol. The molecule has 0 atom stereocenters. The molecule has 0 amide bonds. The Bertz CT molecular complexity index is 87.5. The van der Waals surface area contributed by atoms with Crippen LogP contribution in [0.5, 0.6) is 0 Å². The van der Waals surface area contributed by atoms with Crippen LogP contribution in [0.15, 0.2) is 0 Å². The summed E-state index contributed by atoms with van der Waals surface area (Å²) in [5.74, 6) is 0. The molecule has 0 N–H and O–H groups in total. The predicted octanol–water partition coefficient (Wildman–Crippen LogP) is 4.30. The molecule has 4 radical (unpaired) electrons.